The van der Waals surface area contributed by atoms with Crippen molar-refractivity contribution in [3.8, 4) is 0 Å². The van der Waals surface area contributed by atoms with Gasteiger partial charge in [-0.1, -0.05) is 20.0 Å². The number of hydrogen-bond acceptors (Lipinski definition) is 2. The minimum absolute atomic E-state index is 0.196. The third kappa shape index (κ3) is 1.49. The number of aryl methyl sites for hydroxylation is 1. The van der Waals surface area contributed by atoms with E-state index in [-0.39, 0.29) is 10.8 Å². The summed E-state index contributed by atoms with van der Waals surface area (Å²) in [5.74, 6) is 0. The summed E-state index contributed by atoms with van der Waals surface area (Å²) >= 11 is 5.73. The van der Waals surface area contributed by atoms with Crippen LogP contribution in [0.5, 0.6) is 0 Å². The van der Waals surface area contributed by atoms with Gasteiger partial charge < -0.3 is 0 Å². The predicted molar refractivity (Wildman–Crippen MR) is 53.5 cm³/mol. The van der Waals surface area contributed by atoms with Crippen LogP contribution in [0.3, 0.4) is 0 Å². The Labute approximate surface area is 90.9 Å². The molecule has 0 N–H and O–H groups in total. The van der Waals surface area contributed by atoms with Crippen LogP contribution in [-0.4, -0.2) is 12.4 Å². The number of nitrogens with zero attached hydrogens (tertiary/aromatic N) is 2. The molecule has 0 atom stereocenters. The maximum Gasteiger partial charge on any atom is 0.482 e. The number of fused-ring (bicyclic) bond motifs is 1. The van der Waals surface area contributed by atoms with Gasteiger partial charge in [-0.15, -0.1) is 0 Å². The summed E-state index contributed by atoms with van der Waals surface area (Å²) in [7, 11) is -3.31. The van der Waals surface area contributed by atoms with Crippen molar-refractivity contribution < 1.29 is 16.9 Å². The van der Waals surface area contributed by atoms with Crippen LogP contribution in [0.1, 0.15) is 0 Å². The molecule has 0 aliphatic carbocycles. The summed E-state index contributed by atoms with van der Waals surface area (Å²) in [6, 6.07) is 6.47. The van der Waals surface area contributed by atoms with E-state index in [2.05, 4.69) is 0 Å². The molecular weight excluding hydrogens is 243 g/mol. The Morgan fingerprint density at radius 2 is 2.00 bits per heavy atom. The van der Waals surface area contributed by atoms with E-state index >= 15 is 0 Å². The molecule has 0 saturated carbocycles. The number of imidazole rings is 1. The van der Waals surface area contributed by atoms with Gasteiger partial charge in [-0.3, -0.25) is 0 Å². The Bertz CT molecular complexity index is 635. The minimum Gasteiger partial charge on any atom is -0.214 e. The standard InChI is InChI=1S/C8H7ClFN2O2S/c1-11-6-4-2-3-5-7(6)12(8(11)9)15(10,13)14/h2-5H,1H3/q+1. The van der Waals surface area contributed by atoms with Crippen LogP contribution in [0.4, 0.5) is 3.89 Å². The summed E-state index contributed by atoms with van der Waals surface area (Å²) in [6.45, 7) is 0. The van der Waals surface area contributed by atoms with Crippen molar-refractivity contribution in [2.24, 2.45) is 7.05 Å². The van der Waals surface area contributed by atoms with Gasteiger partial charge in [-0.2, -0.15) is 8.42 Å². The highest BCUT2D eigenvalue weighted by molar-refractivity contribution is 7.85. The lowest BCUT2D eigenvalue weighted by atomic mass is 10.3. The summed E-state index contributed by atoms with van der Waals surface area (Å²) in [4.78, 5) is 0. The summed E-state index contributed by atoms with van der Waals surface area (Å²) in [5, 5.41) is -0.196. The number of halogens is 2. The van der Waals surface area contributed by atoms with Crippen LogP contribution in [0.15, 0.2) is 24.3 Å². The average molecular weight is 250 g/mol. The lowest BCUT2D eigenvalue weighted by molar-refractivity contribution is -0.642. The Kier molecular flexibility index (Phi) is 2.20. The van der Waals surface area contributed by atoms with Crippen molar-refractivity contribution in [3.63, 3.8) is 0 Å². The van der Waals surface area contributed by atoms with Crippen LogP contribution >= 0.6 is 11.6 Å². The molecule has 2 aromatic rings. The van der Waals surface area contributed by atoms with Crippen molar-refractivity contribution in [1.82, 2.24) is 3.97 Å². The molecule has 0 aliphatic heterocycles. The molecule has 1 aromatic carbocycles. The average Bonchev–Trinajstić information content (AvgIpc) is 2.39. The Morgan fingerprint density at radius 3 is 2.60 bits per heavy atom. The highest BCUT2D eigenvalue weighted by atomic mass is 35.5. The molecule has 0 amide bonds. The van der Waals surface area contributed by atoms with Crippen LogP contribution < -0.4 is 4.57 Å². The first-order valence-electron chi connectivity index (χ1n) is 4.03. The van der Waals surface area contributed by atoms with E-state index in [4.69, 9.17) is 11.6 Å². The number of para-hydroxylation sites is 2. The molecule has 2 rings (SSSR count). The molecule has 0 spiro atoms. The molecule has 1 heterocycles. The van der Waals surface area contributed by atoms with Crippen molar-refractivity contribution in [2.75, 3.05) is 0 Å². The lowest BCUT2D eigenvalue weighted by Gasteiger charge is -1.88. The lowest BCUT2D eigenvalue weighted by Crippen LogP contribution is -2.28. The fraction of sp³-hybridized carbons (Fsp3) is 0.125. The SMILES string of the molecule is C[n+]1c(Cl)n(S(=O)(=O)F)c2ccccc21. The van der Waals surface area contributed by atoms with E-state index in [0.717, 1.165) is 0 Å². The van der Waals surface area contributed by atoms with Crippen LogP contribution in [0.2, 0.25) is 5.28 Å². The van der Waals surface area contributed by atoms with E-state index in [9.17, 15) is 12.3 Å². The fourth-order valence-electron chi connectivity index (χ4n) is 1.46. The number of aromatic nitrogens is 2. The van der Waals surface area contributed by atoms with Gasteiger partial charge in [-0.05, 0) is 12.1 Å². The highest BCUT2D eigenvalue weighted by Gasteiger charge is 2.30. The zero-order valence-corrected chi connectivity index (χ0v) is 9.26. The molecule has 1 aromatic heterocycles. The third-order valence-corrected chi connectivity index (χ3v) is 3.45. The Balaban J connectivity index is 3.03. The molecule has 0 fully saturated rings. The van der Waals surface area contributed by atoms with Gasteiger partial charge in [-0.25, -0.2) is 4.57 Å². The van der Waals surface area contributed by atoms with Gasteiger partial charge in [0.25, 0.3) is 0 Å². The monoisotopic (exact) mass is 249 g/mol. The van der Waals surface area contributed by atoms with Gasteiger partial charge in [0, 0.05) is 11.6 Å². The second kappa shape index (κ2) is 3.18. The van der Waals surface area contributed by atoms with E-state index < -0.39 is 10.4 Å². The summed E-state index contributed by atoms with van der Waals surface area (Å²) < 4.78 is 36.6. The first-order valence-corrected chi connectivity index (χ1v) is 5.75. The maximum atomic E-state index is 13.0. The van der Waals surface area contributed by atoms with E-state index in [0.29, 0.717) is 9.49 Å². The normalized spacial score (nSPS) is 12.2. The highest BCUT2D eigenvalue weighted by Crippen LogP contribution is 2.20. The van der Waals surface area contributed by atoms with E-state index in [1.54, 1.807) is 25.2 Å². The second-order valence-electron chi connectivity index (χ2n) is 3.02. The van der Waals surface area contributed by atoms with Gasteiger partial charge >= 0.3 is 15.7 Å². The molecule has 15 heavy (non-hydrogen) atoms. The summed E-state index contributed by atoms with van der Waals surface area (Å²) in [5.41, 5.74) is 0.760. The van der Waals surface area contributed by atoms with Crippen molar-refractivity contribution >= 4 is 33.0 Å². The zero-order chi connectivity index (χ0) is 11.2. The van der Waals surface area contributed by atoms with Crippen molar-refractivity contribution in [3.05, 3.63) is 29.5 Å². The molecule has 0 bridgehead atoms. The smallest absolute Gasteiger partial charge is 0.214 e. The van der Waals surface area contributed by atoms with Gasteiger partial charge in [0.05, 0.1) is 7.05 Å². The topological polar surface area (TPSA) is 43.0 Å². The molecule has 0 aliphatic rings. The molecular formula is C8H7ClFN2O2S+. The first kappa shape index (κ1) is 10.4. The van der Waals surface area contributed by atoms with Gasteiger partial charge in [0.15, 0.2) is 11.0 Å². The predicted octanol–water partition coefficient (Wildman–Crippen LogP) is 1.18. The van der Waals surface area contributed by atoms with E-state index in [1.807, 2.05) is 0 Å². The van der Waals surface area contributed by atoms with Gasteiger partial charge in [0.2, 0.25) is 0 Å². The largest absolute Gasteiger partial charge is 0.482 e. The molecule has 4 nitrogen and oxygen atoms in total. The second-order valence-corrected chi connectivity index (χ2v) is 4.55. The zero-order valence-electron chi connectivity index (χ0n) is 7.68. The quantitative estimate of drug-likeness (QED) is 0.563. The minimum atomic E-state index is -4.88. The molecule has 0 radical (unpaired) electrons. The number of benzene rings is 1. The van der Waals surface area contributed by atoms with Gasteiger partial charge in [0.1, 0.15) is 0 Å². The Morgan fingerprint density at radius 1 is 1.40 bits per heavy atom. The van der Waals surface area contributed by atoms with Crippen molar-refractivity contribution in [2.45, 2.75) is 0 Å². The molecule has 0 saturated heterocycles. The molecule has 0 unspecified atom stereocenters. The Hall–Kier alpha value is -1.14. The number of rotatable bonds is 1. The third-order valence-electron chi connectivity index (χ3n) is 2.12. The van der Waals surface area contributed by atoms with Crippen LogP contribution in [0, 0.1) is 0 Å². The fourth-order valence-corrected chi connectivity index (χ4v) is 2.58. The molecule has 80 valence electrons. The van der Waals surface area contributed by atoms with Crippen LogP contribution in [0.25, 0.3) is 11.0 Å². The number of hydrogen-bond donors (Lipinski definition) is 0. The maximum absolute atomic E-state index is 13.0. The van der Waals surface area contributed by atoms with Crippen LogP contribution in [-0.2, 0) is 17.5 Å². The molecule has 7 heteroatoms. The van der Waals surface area contributed by atoms with E-state index in [1.165, 1.54) is 10.6 Å². The van der Waals surface area contributed by atoms with Crippen molar-refractivity contribution in [1.29, 1.82) is 0 Å². The first-order chi connectivity index (χ1) is 6.93. The summed E-state index contributed by atoms with van der Waals surface area (Å²) in [6.07, 6.45) is 0.